The molecular weight excluding hydrogens is 248 g/mol. The fourth-order valence-corrected chi connectivity index (χ4v) is 2.33. The summed E-state index contributed by atoms with van der Waals surface area (Å²) in [7, 11) is 0. The lowest BCUT2D eigenvalue weighted by molar-refractivity contribution is 0.701. The van der Waals surface area contributed by atoms with Crippen molar-refractivity contribution in [3.05, 3.63) is 51.4 Å². The van der Waals surface area contributed by atoms with E-state index in [0.717, 1.165) is 23.7 Å². The van der Waals surface area contributed by atoms with Gasteiger partial charge in [0.25, 0.3) is 5.56 Å². The number of hydrogen-bond acceptors (Lipinski definition) is 1. The zero-order chi connectivity index (χ0) is 12.5. The number of nitrogens with zero attached hydrogens (tertiary/aromatic N) is 1. The lowest BCUT2D eigenvalue weighted by atomic mass is 10.2. The van der Waals surface area contributed by atoms with E-state index in [1.807, 2.05) is 12.1 Å². The fraction of sp³-hybridized carbons (Fsp3) is 0.357. The van der Waals surface area contributed by atoms with Crippen LogP contribution in [0.5, 0.6) is 0 Å². The molecule has 1 heterocycles. The normalized spacial score (nSPS) is 14.9. The molecule has 0 atom stereocenters. The van der Waals surface area contributed by atoms with Crippen molar-refractivity contribution in [1.82, 2.24) is 9.78 Å². The van der Waals surface area contributed by atoms with E-state index in [4.69, 9.17) is 11.6 Å². The van der Waals surface area contributed by atoms with Gasteiger partial charge in [-0.2, -0.15) is 0 Å². The Morgan fingerprint density at radius 2 is 2.17 bits per heavy atom. The predicted molar refractivity (Wildman–Crippen MR) is 72.4 cm³/mol. The van der Waals surface area contributed by atoms with E-state index in [9.17, 15) is 4.79 Å². The molecule has 3 rings (SSSR count). The molecule has 0 bridgehead atoms. The number of aryl methyl sites for hydroxylation is 1. The average molecular weight is 263 g/mol. The second kappa shape index (κ2) is 4.65. The van der Waals surface area contributed by atoms with Crippen LogP contribution in [0.25, 0.3) is 5.69 Å². The average Bonchev–Trinajstić information content (AvgIpc) is 3.10. The molecule has 94 valence electrons. The summed E-state index contributed by atoms with van der Waals surface area (Å²) in [5.74, 6) is 0.878. The van der Waals surface area contributed by atoms with Crippen molar-refractivity contribution >= 4 is 11.6 Å². The number of nitrogens with one attached hydrogen (secondary N) is 1. The molecule has 2 aromatic rings. The van der Waals surface area contributed by atoms with Crippen molar-refractivity contribution in [3.63, 3.8) is 0 Å². The van der Waals surface area contributed by atoms with Gasteiger partial charge < -0.3 is 0 Å². The van der Waals surface area contributed by atoms with Crippen molar-refractivity contribution in [2.75, 3.05) is 0 Å². The van der Waals surface area contributed by atoms with Gasteiger partial charge in [-0.05, 0) is 37.0 Å². The zero-order valence-corrected chi connectivity index (χ0v) is 10.8. The third-order valence-electron chi connectivity index (χ3n) is 3.36. The standard InChI is InChI=1S/C14H15ClN2O/c15-11-2-1-3-13(8-11)17-14(18)9-12(16-17)7-6-10-4-5-10/h1-3,8-10,16H,4-7H2. The van der Waals surface area contributed by atoms with Crippen LogP contribution in [-0.2, 0) is 6.42 Å². The molecule has 1 aromatic carbocycles. The minimum atomic E-state index is -0.0249. The molecule has 0 aliphatic heterocycles. The first-order chi connectivity index (χ1) is 8.72. The highest BCUT2D eigenvalue weighted by molar-refractivity contribution is 6.30. The van der Waals surface area contributed by atoms with E-state index in [1.54, 1.807) is 22.9 Å². The van der Waals surface area contributed by atoms with Gasteiger partial charge in [-0.1, -0.05) is 30.5 Å². The Kier molecular flexibility index (Phi) is 3.00. The lowest BCUT2D eigenvalue weighted by Gasteiger charge is -2.02. The second-order valence-electron chi connectivity index (χ2n) is 4.92. The number of aromatic amines is 1. The first-order valence-electron chi connectivity index (χ1n) is 6.29. The Hall–Kier alpha value is -1.48. The van der Waals surface area contributed by atoms with Crippen molar-refractivity contribution < 1.29 is 0 Å². The first-order valence-corrected chi connectivity index (χ1v) is 6.67. The van der Waals surface area contributed by atoms with Crippen LogP contribution in [0, 0.1) is 5.92 Å². The Bertz CT molecular complexity index is 610. The van der Waals surface area contributed by atoms with Gasteiger partial charge in [0.15, 0.2) is 0 Å². The quantitative estimate of drug-likeness (QED) is 0.903. The number of hydrogen-bond donors (Lipinski definition) is 1. The molecule has 3 nitrogen and oxygen atoms in total. The highest BCUT2D eigenvalue weighted by Gasteiger charge is 2.21. The second-order valence-corrected chi connectivity index (χ2v) is 5.35. The summed E-state index contributed by atoms with van der Waals surface area (Å²) in [6.45, 7) is 0. The van der Waals surface area contributed by atoms with Crippen LogP contribution in [0.1, 0.15) is 25.0 Å². The molecular formula is C14H15ClN2O. The van der Waals surface area contributed by atoms with Crippen LogP contribution in [0.3, 0.4) is 0 Å². The molecule has 0 radical (unpaired) electrons. The first kappa shape index (κ1) is 11.6. The van der Waals surface area contributed by atoms with Gasteiger partial charge in [0, 0.05) is 16.8 Å². The third kappa shape index (κ3) is 2.51. The van der Waals surface area contributed by atoms with Crippen molar-refractivity contribution in [2.45, 2.75) is 25.7 Å². The maximum atomic E-state index is 11.9. The molecule has 1 aromatic heterocycles. The lowest BCUT2D eigenvalue weighted by Crippen LogP contribution is -2.13. The van der Waals surface area contributed by atoms with Crippen LogP contribution in [0.15, 0.2) is 35.1 Å². The molecule has 1 aliphatic rings. The summed E-state index contributed by atoms with van der Waals surface area (Å²) in [5, 5.41) is 3.79. The number of H-pyrrole nitrogens is 1. The molecule has 0 amide bonds. The smallest absolute Gasteiger partial charge is 0.271 e. The fourth-order valence-electron chi connectivity index (χ4n) is 2.15. The van der Waals surface area contributed by atoms with E-state index < -0.39 is 0 Å². The monoisotopic (exact) mass is 262 g/mol. The van der Waals surface area contributed by atoms with Crippen molar-refractivity contribution in [1.29, 1.82) is 0 Å². The largest absolute Gasteiger partial charge is 0.295 e. The molecule has 0 saturated heterocycles. The summed E-state index contributed by atoms with van der Waals surface area (Å²) < 4.78 is 1.55. The zero-order valence-electron chi connectivity index (χ0n) is 10.0. The van der Waals surface area contributed by atoms with Crippen molar-refractivity contribution in [2.24, 2.45) is 5.92 Å². The van der Waals surface area contributed by atoms with Crippen LogP contribution in [0.2, 0.25) is 5.02 Å². The van der Waals surface area contributed by atoms with E-state index in [1.165, 1.54) is 19.3 Å². The van der Waals surface area contributed by atoms with Gasteiger partial charge in [-0.15, -0.1) is 0 Å². The predicted octanol–water partition coefficient (Wildman–Crippen LogP) is 3.16. The molecule has 1 aliphatic carbocycles. The summed E-state index contributed by atoms with van der Waals surface area (Å²) in [4.78, 5) is 11.9. The minimum absolute atomic E-state index is 0.0249. The number of halogens is 1. The summed E-state index contributed by atoms with van der Waals surface area (Å²) >= 11 is 5.94. The Labute approximate surface area is 110 Å². The van der Waals surface area contributed by atoms with Gasteiger partial charge in [0.05, 0.1) is 5.69 Å². The maximum Gasteiger partial charge on any atom is 0.271 e. The molecule has 1 N–H and O–H groups in total. The highest BCUT2D eigenvalue weighted by atomic mass is 35.5. The van der Waals surface area contributed by atoms with Crippen LogP contribution < -0.4 is 5.56 Å². The Morgan fingerprint density at radius 3 is 2.89 bits per heavy atom. The maximum absolute atomic E-state index is 11.9. The highest BCUT2D eigenvalue weighted by Crippen LogP contribution is 2.33. The van der Waals surface area contributed by atoms with E-state index in [2.05, 4.69) is 5.10 Å². The molecule has 1 saturated carbocycles. The van der Waals surface area contributed by atoms with E-state index in [0.29, 0.717) is 5.02 Å². The van der Waals surface area contributed by atoms with Gasteiger partial charge in [-0.3, -0.25) is 9.89 Å². The van der Waals surface area contributed by atoms with Crippen LogP contribution in [-0.4, -0.2) is 9.78 Å². The number of rotatable bonds is 4. The SMILES string of the molecule is O=c1cc(CCC2CC2)[nH]n1-c1cccc(Cl)c1. The topological polar surface area (TPSA) is 37.8 Å². The molecule has 0 spiro atoms. The van der Waals surface area contributed by atoms with Gasteiger partial charge in [0.2, 0.25) is 0 Å². The number of aromatic nitrogens is 2. The van der Waals surface area contributed by atoms with Gasteiger partial charge in [0.1, 0.15) is 0 Å². The Balaban J connectivity index is 1.85. The molecule has 4 heteroatoms. The van der Waals surface area contributed by atoms with Crippen LogP contribution in [0.4, 0.5) is 0 Å². The Morgan fingerprint density at radius 1 is 1.33 bits per heavy atom. The minimum Gasteiger partial charge on any atom is -0.295 e. The number of benzene rings is 1. The summed E-state index contributed by atoms with van der Waals surface area (Å²) in [5.41, 5.74) is 1.76. The summed E-state index contributed by atoms with van der Waals surface area (Å²) in [6, 6.07) is 8.98. The van der Waals surface area contributed by atoms with E-state index >= 15 is 0 Å². The van der Waals surface area contributed by atoms with Crippen LogP contribution >= 0.6 is 11.6 Å². The van der Waals surface area contributed by atoms with E-state index in [-0.39, 0.29) is 5.56 Å². The van der Waals surface area contributed by atoms with Crippen molar-refractivity contribution in [3.8, 4) is 5.69 Å². The molecule has 1 fully saturated rings. The van der Waals surface area contributed by atoms with Gasteiger partial charge in [-0.25, -0.2) is 4.68 Å². The molecule has 0 unspecified atom stereocenters. The third-order valence-corrected chi connectivity index (χ3v) is 3.59. The van der Waals surface area contributed by atoms with Gasteiger partial charge >= 0.3 is 0 Å². The summed E-state index contributed by atoms with van der Waals surface area (Å²) in [6.07, 6.45) is 4.82. The molecule has 18 heavy (non-hydrogen) atoms.